The molecule has 0 aliphatic carbocycles. The van der Waals surface area contributed by atoms with Crippen molar-refractivity contribution in [2.45, 2.75) is 13.5 Å². The summed E-state index contributed by atoms with van der Waals surface area (Å²) in [7, 11) is 0. The minimum atomic E-state index is 0.379. The summed E-state index contributed by atoms with van der Waals surface area (Å²) in [5, 5.41) is 0.869. The molecule has 0 fully saturated rings. The van der Waals surface area contributed by atoms with Crippen molar-refractivity contribution in [3.8, 4) is 5.75 Å². The van der Waals surface area contributed by atoms with Crippen molar-refractivity contribution < 1.29 is 4.74 Å². The van der Waals surface area contributed by atoms with Crippen LogP contribution in [0.1, 0.15) is 15.4 Å². The summed E-state index contributed by atoms with van der Waals surface area (Å²) < 4.78 is 5.60. The molecule has 2 rings (SSSR count). The van der Waals surface area contributed by atoms with Crippen LogP contribution < -0.4 is 10.5 Å². The number of aromatic nitrogens is 1. The second-order valence-corrected chi connectivity index (χ2v) is 5.14. The van der Waals surface area contributed by atoms with Gasteiger partial charge in [0.25, 0.3) is 0 Å². The first-order valence-electron chi connectivity index (χ1n) is 5.09. The largest absolute Gasteiger partial charge is 0.486 e. The maximum absolute atomic E-state index is 5.60. The molecule has 0 bridgehead atoms. The normalized spacial score (nSPS) is 10.2. The maximum atomic E-state index is 5.60. The predicted octanol–water partition coefficient (Wildman–Crippen LogP) is 2.66. The van der Waals surface area contributed by atoms with Crippen molar-refractivity contribution in [3.05, 3.63) is 45.9 Å². The highest BCUT2D eigenvalue weighted by Gasteiger charge is 2.04. The first-order valence-corrected chi connectivity index (χ1v) is 6.31. The van der Waals surface area contributed by atoms with Gasteiger partial charge in [-0.2, -0.15) is 0 Å². The average Bonchev–Trinajstić information content (AvgIpc) is 2.77. The fourth-order valence-corrected chi connectivity index (χ4v) is 2.13. The van der Waals surface area contributed by atoms with E-state index in [-0.39, 0.29) is 0 Å². The van der Waals surface area contributed by atoms with Crippen molar-refractivity contribution in [2.75, 3.05) is 0 Å². The molecule has 0 aliphatic heterocycles. The number of rotatable bonds is 4. The SMILES string of the molecule is Cc1ccc(OCc2ncc(C(N)=S)s2)cc1. The lowest BCUT2D eigenvalue weighted by Crippen LogP contribution is -2.06. The summed E-state index contributed by atoms with van der Waals surface area (Å²) in [4.78, 5) is 5.40. The van der Waals surface area contributed by atoms with Crippen molar-refractivity contribution in [1.82, 2.24) is 4.98 Å². The third-order valence-corrected chi connectivity index (χ3v) is 3.53. The Bertz CT molecular complexity index is 520. The summed E-state index contributed by atoms with van der Waals surface area (Å²) in [6, 6.07) is 7.91. The second kappa shape index (κ2) is 5.25. The number of thiocarbonyl (C=S) groups is 1. The van der Waals surface area contributed by atoms with Gasteiger partial charge < -0.3 is 10.5 Å². The smallest absolute Gasteiger partial charge is 0.140 e. The molecule has 1 heterocycles. The van der Waals surface area contributed by atoms with E-state index in [9.17, 15) is 0 Å². The topological polar surface area (TPSA) is 48.1 Å². The molecule has 17 heavy (non-hydrogen) atoms. The van der Waals surface area contributed by atoms with Gasteiger partial charge in [-0.1, -0.05) is 29.9 Å². The van der Waals surface area contributed by atoms with E-state index in [2.05, 4.69) is 4.98 Å². The standard InChI is InChI=1S/C12H12N2OS2/c1-8-2-4-9(5-3-8)15-7-11-14-6-10(17-11)12(13)16/h2-6H,7H2,1H3,(H2,13,16). The van der Waals surface area contributed by atoms with Crippen LogP contribution in [-0.4, -0.2) is 9.97 Å². The van der Waals surface area contributed by atoms with Gasteiger partial charge in [-0.25, -0.2) is 4.98 Å². The minimum absolute atomic E-state index is 0.379. The summed E-state index contributed by atoms with van der Waals surface area (Å²) in [5.74, 6) is 0.836. The Balaban J connectivity index is 1.97. The molecule has 5 heteroatoms. The monoisotopic (exact) mass is 264 g/mol. The van der Waals surface area contributed by atoms with Gasteiger partial charge in [0.1, 0.15) is 22.4 Å². The molecule has 0 radical (unpaired) electrons. The zero-order valence-electron chi connectivity index (χ0n) is 9.34. The van der Waals surface area contributed by atoms with E-state index in [0.29, 0.717) is 11.6 Å². The van der Waals surface area contributed by atoms with Crippen LogP contribution in [0.15, 0.2) is 30.5 Å². The van der Waals surface area contributed by atoms with Crippen LogP contribution in [0.2, 0.25) is 0 Å². The molecule has 0 atom stereocenters. The van der Waals surface area contributed by atoms with Gasteiger partial charge >= 0.3 is 0 Å². The first kappa shape index (κ1) is 12.0. The van der Waals surface area contributed by atoms with Crippen LogP contribution in [0.3, 0.4) is 0 Å². The summed E-state index contributed by atoms with van der Waals surface area (Å²) >= 11 is 6.34. The number of hydrogen-bond acceptors (Lipinski definition) is 4. The lowest BCUT2D eigenvalue weighted by molar-refractivity contribution is 0.305. The van der Waals surface area contributed by atoms with Crippen molar-refractivity contribution in [3.63, 3.8) is 0 Å². The summed E-state index contributed by atoms with van der Waals surface area (Å²) in [5.41, 5.74) is 6.72. The minimum Gasteiger partial charge on any atom is -0.486 e. The molecule has 1 aromatic carbocycles. The van der Waals surface area contributed by atoms with Gasteiger partial charge in [0, 0.05) is 6.20 Å². The Kier molecular flexibility index (Phi) is 3.71. The number of benzene rings is 1. The van der Waals surface area contributed by atoms with E-state index in [1.54, 1.807) is 6.20 Å². The van der Waals surface area contributed by atoms with E-state index >= 15 is 0 Å². The quantitative estimate of drug-likeness (QED) is 0.863. The maximum Gasteiger partial charge on any atom is 0.140 e. The number of thiazole rings is 1. The fourth-order valence-electron chi connectivity index (χ4n) is 1.27. The van der Waals surface area contributed by atoms with E-state index in [1.807, 2.05) is 31.2 Å². The van der Waals surface area contributed by atoms with Crippen LogP contribution in [0.25, 0.3) is 0 Å². The number of aryl methyl sites for hydroxylation is 1. The fraction of sp³-hybridized carbons (Fsp3) is 0.167. The molecule has 2 N–H and O–H groups in total. The highest BCUT2D eigenvalue weighted by atomic mass is 32.1. The molecular formula is C12H12N2OS2. The van der Waals surface area contributed by atoms with Crippen LogP contribution >= 0.6 is 23.6 Å². The lowest BCUT2D eigenvalue weighted by atomic mass is 10.2. The molecule has 0 saturated carbocycles. The Labute approximate surface area is 109 Å². The predicted molar refractivity (Wildman–Crippen MR) is 73.5 cm³/mol. The Morgan fingerprint density at radius 3 is 2.71 bits per heavy atom. The average molecular weight is 264 g/mol. The van der Waals surface area contributed by atoms with E-state index < -0.39 is 0 Å². The number of hydrogen-bond donors (Lipinski definition) is 1. The van der Waals surface area contributed by atoms with E-state index in [4.69, 9.17) is 22.7 Å². The molecule has 1 aromatic heterocycles. The van der Waals surface area contributed by atoms with Crippen LogP contribution in [0.4, 0.5) is 0 Å². The third kappa shape index (κ3) is 3.25. The first-order chi connectivity index (χ1) is 8.15. The van der Waals surface area contributed by atoms with Crippen LogP contribution in [-0.2, 0) is 6.61 Å². The Morgan fingerprint density at radius 2 is 2.12 bits per heavy atom. The number of ether oxygens (including phenoxy) is 1. The van der Waals surface area contributed by atoms with Crippen LogP contribution in [0, 0.1) is 6.92 Å². The molecule has 0 unspecified atom stereocenters. The third-order valence-electron chi connectivity index (χ3n) is 2.18. The van der Waals surface area contributed by atoms with Gasteiger partial charge in [-0.05, 0) is 19.1 Å². The molecule has 0 amide bonds. The molecule has 88 valence electrons. The molecular weight excluding hydrogens is 252 g/mol. The van der Waals surface area contributed by atoms with E-state index in [0.717, 1.165) is 15.6 Å². The highest BCUT2D eigenvalue weighted by Crippen LogP contribution is 2.17. The van der Waals surface area contributed by atoms with Crippen LogP contribution in [0.5, 0.6) is 5.75 Å². The zero-order chi connectivity index (χ0) is 12.3. The van der Waals surface area contributed by atoms with Gasteiger partial charge in [-0.3, -0.25) is 0 Å². The zero-order valence-corrected chi connectivity index (χ0v) is 11.0. The van der Waals surface area contributed by atoms with Crippen molar-refractivity contribution >= 4 is 28.5 Å². The van der Waals surface area contributed by atoms with Crippen molar-refractivity contribution in [1.29, 1.82) is 0 Å². The Hall–Kier alpha value is -1.46. The van der Waals surface area contributed by atoms with Gasteiger partial charge in [0.05, 0.1) is 4.88 Å². The number of nitrogens with zero attached hydrogens (tertiary/aromatic N) is 1. The number of nitrogens with two attached hydrogens (primary N) is 1. The highest BCUT2D eigenvalue weighted by molar-refractivity contribution is 7.81. The molecule has 0 aliphatic rings. The molecule has 0 saturated heterocycles. The van der Waals surface area contributed by atoms with Gasteiger partial charge in [0.15, 0.2) is 0 Å². The molecule has 0 spiro atoms. The summed E-state index contributed by atoms with van der Waals surface area (Å²) in [6.07, 6.45) is 1.68. The lowest BCUT2D eigenvalue weighted by Gasteiger charge is -2.03. The summed E-state index contributed by atoms with van der Waals surface area (Å²) in [6.45, 7) is 2.48. The molecule has 3 nitrogen and oxygen atoms in total. The van der Waals surface area contributed by atoms with Gasteiger partial charge in [0.2, 0.25) is 0 Å². The molecule has 2 aromatic rings. The van der Waals surface area contributed by atoms with E-state index in [1.165, 1.54) is 16.9 Å². The van der Waals surface area contributed by atoms with Gasteiger partial charge in [-0.15, -0.1) is 11.3 Å². The van der Waals surface area contributed by atoms with Crippen molar-refractivity contribution in [2.24, 2.45) is 5.73 Å². The Morgan fingerprint density at radius 1 is 1.41 bits per heavy atom. The second-order valence-electron chi connectivity index (χ2n) is 3.58.